The molecule has 180 valence electrons. The molecule has 2 heterocycles. The Bertz CT molecular complexity index is 1360. The highest BCUT2D eigenvalue weighted by Gasteiger charge is 2.41. The highest BCUT2D eigenvalue weighted by Crippen LogP contribution is 2.37. The molecule has 0 aliphatic carbocycles. The van der Waals surface area contributed by atoms with Crippen molar-refractivity contribution in [3.63, 3.8) is 0 Å². The highest BCUT2D eigenvalue weighted by molar-refractivity contribution is 7.27. The van der Waals surface area contributed by atoms with E-state index < -0.39 is 17.5 Å². The van der Waals surface area contributed by atoms with Crippen molar-refractivity contribution in [1.82, 2.24) is 4.98 Å². The van der Waals surface area contributed by atoms with E-state index in [1.807, 2.05) is 0 Å². The van der Waals surface area contributed by atoms with Crippen molar-refractivity contribution in [2.45, 2.75) is 6.18 Å². The van der Waals surface area contributed by atoms with Crippen LogP contribution in [0.3, 0.4) is 0 Å². The number of halogens is 5. The van der Waals surface area contributed by atoms with E-state index in [2.05, 4.69) is 24.4 Å². The van der Waals surface area contributed by atoms with E-state index in [0.29, 0.717) is 15.9 Å². The van der Waals surface area contributed by atoms with E-state index in [1.54, 1.807) is 18.2 Å². The fraction of sp³-hybridized carbons (Fsp3) is 0.0870. The van der Waals surface area contributed by atoms with Gasteiger partial charge in [-0.15, -0.1) is 9.24 Å². The lowest BCUT2D eigenvalue weighted by molar-refractivity contribution is -0.0581. The van der Waals surface area contributed by atoms with Gasteiger partial charge in [-0.05, 0) is 29.6 Å². The first-order valence-corrected chi connectivity index (χ1v) is 11.2. The topological polar surface area (TPSA) is 86.0 Å². The number of nitrogens with two attached hydrogens (primary N) is 1. The minimum atomic E-state index is -4.88. The summed E-state index contributed by atoms with van der Waals surface area (Å²) in [5, 5.41) is 5.29. The summed E-state index contributed by atoms with van der Waals surface area (Å²) in [6.07, 6.45) is -1.55. The monoisotopic (exact) mass is 538 g/mol. The van der Waals surface area contributed by atoms with Gasteiger partial charge in [0.05, 0.1) is 22.5 Å². The number of aliphatic imine (C=N–C) groups is 1. The normalized spacial score (nSPS) is 15.2. The molecule has 2 N–H and O–H groups in total. The third-order valence-electron chi connectivity index (χ3n) is 4.93. The zero-order valence-electron chi connectivity index (χ0n) is 17.7. The predicted octanol–water partition coefficient (Wildman–Crippen LogP) is 5.85. The molecule has 0 spiro atoms. The molecule has 35 heavy (non-hydrogen) atoms. The van der Waals surface area contributed by atoms with Crippen molar-refractivity contribution in [2.75, 3.05) is 6.61 Å². The molecule has 0 fully saturated rings. The van der Waals surface area contributed by atoms with Gasteiger partial charge in [-0.25, -0.2) is 9.98 Å². The Labute approximate surface area is 210 Å². The fourth-order valence-electron chi connectivity index (χ4n) is 3.47. The van der Waals surface area contributed by atoms with Gasteiger partial charge in [0.25, 0.3) is 0 Å². The van der Waals surface area contributed by atoms with Gasteiger partial charge in [-0.1, -0.05) is 46.6 Å². The third kappa shape index (κ3) is 5.27. The van der Waals surface area contributed by atoms with Gasteiger partial charge >= 0.3 is 6.18 Å². The van der Waals surface area contributed by atoms with Gasteiger partial charge in [-0.3, -0.25) is 0 Å². The second-order valence-electron chi connectivity index (χ2n) is 7.16. The molecule has 1 aliphatic heterocycles. The Morgan fingerprint density at radius 1 is 1.17 bits per heavy atom. The molecule has 1 unspecified atom stereocenters. The van der Waals surface area contributed by atoms with Crippen molar-refractivity contribution >= 4 is 60.4 Å². The Morgan fingerprint density at radius 3 is 2.57 bits per heavy atom. The van der Waals surface area contributed by atoms with E-state index in [1.165, 1.54) is 30.5 Å². The number of oxazole rings is 1. The molecule has 4 rings (SSSR count). The number of alkyl halides is 3. The number of nitrogens with zero attached hydrogens (tertiary/aromatic N) is 3. The molecule has 0 bridgehead atoms. The predicted molar refractivity (Wildman–Crippen MR) is 134 cm³/mol. The molecule has 2 aromatic carbocycles. The van der Waals surface area contributed by atoms with Crippen LogP contribution in [0.1, 0.15) is 11.3 Å². The maximum Gasteiger partial charge on any atom is 0.434 e. The Morgan fingerprint density at radius 2 is 1.94 bits per heavy atom. The first-order chi connectivity index (χ1) is 16.7. The smallest absolute Gasteiger partial charge is 0.434 e. The molecule has 12 heteroatoms. The standard InChI is InChI=1S/C23H16Cl2F3N4O2P/c24-12-3-1-4-13(7-12)31-22(23(26,27)28)14(8-29)15-10-34-32-21(19(15)17-9-30-11-33-17)20-16(25)5-2-6-18(20)35/h1-9,11H,10,29,35H2. The van der Waals surface area contributed by atoms with E-state index >= 15 is 0 Å². The van der Waals surface area contributed by atoms with Crippen LogP contribution in [0.15, 0.2) is 87.0 Å². The molecule has 0 radical (unpaired) electrons. The minimum Gasteiger partial charge on any atom is -0.443 e. The van der Waals surface area contributed by atoms with Gasteiger partial charge in [0.15, 0.2) is 17.9 Å². The van der Waals surface area contributed by atoms with Crippen molar-refractivity contribution in [3.8, 4) is 0 Å². The first kappa shape index (κ1) is 25.0. The zero-order valence-corrected chi connectivity index (χ0v) is 20.3. The summed E-state index contributed by atoms with van der Waals surface area (Å²) < 4.78 is 48.4. The number of allylic oxidation sites excluding steroid dienone is 1. The van der Waals surface area contributed by atoms with Crippen LogP contribution in [0, 0.1) is 0 Å². The van der Waals surface area contributed by atoms with Crippen LogP contribution in [0.4, 0.5) is 18.9 Å². The Hall–Kier alpha value is -3.13. The summed E-state index contributed by atoms with van der Waals surface area (Å²) in [7, 11) is 2.51. The van der Waals surface area contributed by atoms with Crippen LogP contribution < -0.4 is 11.0 Å². The molecule has 0 saturated carbocycles. The second-order valence-corrected chi connectivity index (χ2v) is 8.62. The minimum absolute atomic E-state index is 0.00467. The number of benzene rings is 2. The van der Waals surface area contributed by atoms with E-state index in [0.717, 1.165) is 12.6 Å². The molecule has 6 nitrogen and oxygen atoms in total. The third-order valence-corrected chi connectivity index (χ3v) is 5.96. The van der Waals surface area contributed by atoms with Gasteiger partial charge in [0, 0.05) is 27.9 Å². The number of hydrogen-bond acceptors (Lipinski definition) is 6. The summed E-state index contributed by atoms with van der Waals surface area (Å²) in [5.74, 6) is 0.148. The molecule has 1 atom stereocenters. The van der Waals surface area contributed by atoms with Crippen molar-refractivity contribution in [1.29, 1.82) is 0 Å². The average Bonchev–Trinajstić information content (AvgIpc) is 3.33. The Kier molecular flexibility index (Phi) is 7.31. The van der Waals surface area contributed by atoms with Gasteiger partial charge in [0.1, 0.15) is 12.3 Å². The SMILES string of the molecule is NC=C(C(=Nc1cccc(Cl)c1)C(F)(F)F)C1=C(c2cnco2)C(c2c(P)cccc2Cl)=NOC1. The summed E-state index contributed by atoms with van der Waals surface area (Å²) >= 11 is 12.4. The maximum atomic E-state index is 14.3. The molecule has 1 aliphatic rings. The number of aromatic nitrogens is 1. The molecule has 3 aromatic rings. The maximum absolute atomic E-state index is 14.3. The summed E-state index contributed by atoms with van der Waals surface area (Å²) in [4.78, 5) is 13.1. The van der Waals surface area contributed by atoms with Crippen LogP contribution in [0.25, 0.3) is 5.57 Å². The first-order valence-electron chi connectivity index (χ1n) is 9.91. The van der Waals surface area contributed by atoms with Crippen molar-refractivity contribution < 1.29 is 22.4 Å². The van der Waals surface area contributed by atoms with E-state index in [4.69, 9.17) is 38.2 Å². The lowest BCUT2D eigenvalue weighted by Crippen LogP contribution is -2.30. The Balaban J connectivity index is 1.98. The summed E-state index contributed by atoms with van der Waals surface area (Å²) in [5.41, 5.74) is 4.91. The van der Waals surface area contributed by atoms with Gasteiger partial charge in [-0.2, -0.15) is 13.2 Å². The largest absolute Gasteiger partial charge is 0.443 e. The summed E-state index contributed by atoms with van der Waals surface area (Å²) in [6.45, 7) is -0.343. The zero-order chi connectivity index (χ0) is 25.2. The van der Waals surface area contributed by atoms with E-state index in [-0.39, 0.29) is 39.9 Å². The summed E-state index contributed by atoms with van der Waals surface area (Å²) in [6, 6.07) is 10.8. The van der Waals surface area contributed by atoms with Crippen molar-refractivity contribution in [2.24, 2.45) is 15.9 Å². The quantitative estimate of drug-likeness (QED) is 0.326. The molecular formula is C23H16Cl2F3N4O2P. The van der Waals surface area contributed by atoms with Crippen LogP contribution in [-0.2, 0) is 4.84 Å². The van der Waals surface area contributed by atoms with Crippen LogP contribution in [0.5, 0.6) is 0 Å². The number of hydrogen-bond donors (Lipinski definition) is 1. The van der Waals surface area contributed by atoms with Gasteiger partial charge in [0.2, 0.25) is 0 Å². The lowest BCUT2D eigenvalue weighted by Gasteiger charge is -2.24. The molecule has 0 amide bonds. The van der Waals surface area contributed by atoms with Crippen LogP contribution in [-0.4, -0.2) is 29.2 Å². The number of rotatable bonds is 5. The lowest BCUT2D eigenvalue weighted by atomic mass is 9.89. The average molecular weight is 539 g/mol. The van der Waals surface area contributed by atoms with Crippen LogP contribution >= 0.6 is 32.4 Å². The second kappa shape index (κ2) is 10.2. The van der Waals surface area contributed by atoms with Gasteiger partial charge < -0.3 is 15.0 Å². The highest BCUT2D eigenvalue weighted by atomic mass is 35.5. The van der Waals surface area contributed by atoms with Crippen LogP contribution in [0.2, 0.25) is 10.0 Å². The van der Waals surface area contributed by atoms with E-state index in [9.17, 15) is 13.2 Å². The molecule has 0 saturated heterocycles. The number of oxime groups is 1. The fourth-order valence-corrected chi connectivity index (χ4v) is 4.42. The van der Waals surface area contributed by atoms with Crippen molar-refractivity contribution in [3.05, 3.63) is 93.8 Å². The molecule has 1 aromatic heterocycles. The molecular weight excluding hydrogens is 523 g/mol.